The molecule has 0 radical (unpaired) electrons. The molecule has 0 bridgehead atoms. The molecule has 0 atom stereocenters. The minimum atomic E-state index is -0.185. The van der Waals surface area contributed by atoms with Crippen molar-refractivity contribution in [1.82, 2.24) is 10.3 Å². The molecular formula is C20H20N2O4S. The highest BCUT2D eigenvalue weighted by Gasteiger charge is 2.12. The van der Waals surface area contributed by atoms with Crippen LogP contribution in [0.2, 0.25) is 0 Å². The third kappa shape index (κ3) is 4.98. The van der Waals surface area contributed by atoms with E-state index in [-0.39, 0.29) is 5.91 Å². The summed E-state index contributed by atoms with van der Waals surface area (Å²) in [5.74, 6) is 1.66. The Bertz CT molecular complexity index is 880. The van der Waals surface area contributed by atoms with E-state index < -0.39 is 0 Å². The van der Waals surface area contributed by atoms with Crippen LogP contribution in [0.15, 0.2) is 53.4 Å². The standard InChI is InChI=1S/C20H20N2O4S/c1-24-17-6-3-14(4-7-17)10-21-20(23)15-5-8-18(19(9-15)25-2)26-11-16-12-27-13-22-16/h3-9,12-13H,10-11H2,1-2H3,(H,21,23). The van der Waals surface area contributed by atoms with Gasteiger partial charge in [0.05, 0.1) is 25.4 Å². The van der Waals surface area contributed by atoms with Gasteiger partial charge in [0.1, 0.15) is 12.4 Å². The molecular weight excluding hydrogens is 364 g/mol. The molecule has 6 nitrogen and oxygen atoms in total. The molecule has 1 N–H and O–H groups in total. The molecule has 1 amide bonds. The molecule has 7 heteroatoms. The Morgan fingerprint density at radius 2 is 1.89 bits per heavy atom. The van der Waals surface area contributed by atoms with Crippen molar-refractivity contribution in [1.29, 1.82) is 0 Å². The maximum atomic E-state index is 12.4. The molecule has 0 saturated carbocycles. The maximum Gasteiger partial charge on any atom is 0.251 e. The summed E-state index contributed by atoms with van der Waals surface area (Å²) in [5, 5.41) is 4.82. The molecule has 3 aromatic rings. The minimum Gasteiger partial charge on any atom is -0.497 e. The number of nitrogens with one attached hydrogen (secondary N) is 1. The number of nitrogens with zero attached hydrogens (tertiary/aromatic N) is 1. The van der Waals surface area contributed by atoms with Gasteiger partial charge in [-0.3, -0.25) is 4.79 Å². The number of benzene rings is 2. The van der Waals surface area contributed by atoms with Crippen LogP contribution in [0.3, 0.4) is 0 Å². The van der Waals surface area contributed by atoms with Gasteiger partial charge in [-0.1, -0.05) is 12.1 Å². The molecule has 3 rings (SSSR count). The van der Waals surface area contributed by atoms with Gasteiger partial charge in [0.2, 0.25) is 0 Å². The second kappa shape index (κ2) is 9.05. The number of carbonyl (C=O) groups is 1. The van der Waals surface area contributed by atoms with E-state index in [1.54, 1.807) is 37.9 Å². The molecule has 2 aromatic carbocycles. The number of carbonyl (C=O) groups excluding carboxylic acids is 1. The fourth-order valence-electron chi connectivity index (χ4n) is 2.42. The number of ether oxygens (including phenoxy) is 3. The normalized spacial score (nSPS) is 10.3. The summed E-state index contributed by atoms with van der Waals surface area (Å²) >= 11 is 1.51. The van der Waals surface area contributed by atoms with Crippen LogP contribution in [0.4, 0.5) is 0 Å². The van der Waals surface area contributed by atoms with E-state index in [1.807, 2.05) is 29.6 Å². The second-order valence-electron chi connectivity index (χ2n) is 5.66. The summed E-state index contributed by atoms with van der Waals surface area (Å²) < 4.78 is 16.2. The first-order chi connectivity index (χ1) is 13.2. The highest BCUT2D eigenvalue weighted by atomic mass is 32.1. The SMILES string of the molecule is COc1ccc(CNC(=O)c2ccc(OCc3cscn3)c(OC)c2)cc1. The number of aromatic nitrogens is 1. The van der Waals surface area contributed by atoms with Crippen molar-refractivity contribution >= 4 is 17.2 Å². The van der Waals surface area contributed by atoms with Gasteiger partial charge < -0.3 is 19.5 Å². The fourth-order valence-corrected chi connectivity index (χ4v) is 2.96. The molecule has 140 valence electrons. The van der Waals surface area contributed by atoms with Crippen LogP contribution >= 0.6 is 11.3 Å². The quantitative estimate of drug-likeness (QED) is 0.642. The third-order valence-electron chi connectivity index (χ3n) is 3.90. The Hall–Kier alpha value is -3.06. The van der Waals surface area contributed by atoms with E-state index >= 15 is 0 Å². The second-order valence-corrected chi connectivity index (χ2v) is 6.38. The van der Waals surface area contributed by atoms with Crippen LogP contribution in [0.25, 0.3) is 0 Å². The number of hydrogen-bond acceptors (Lipinski definition) is 6. The van der Waals surface area contributed by atoms with E-state index in [2.05, 4.69) is 10.3 Å². The van der Waals surface area contributed by atoms with Crippen molar-refractivity contribution in [3.63, 3.8) is 0 Å². The van der Waals surface area contributed by atoms with E-state index in [9.17, 15) is 4.79 Å². The average Bonchev–Trinajstić information content (AvgIpc) is 3.24. The molecule has 0 unspecified atom stereocenters. The van der Waals surface area contributed by atoms with Crippen LogP contribution in [0.5, 0.6) is 17.2 Å². The van der Waals surface area contributed by atoms with Crippen molar-refractivity contribution < 1.29 is 19.0 Å². The smallest absolute Gasteiger partial charge is 0.251 e. The van der Waals surface area contributed by atoms with Gasteiger partial charge in [0.15, 0.2) is 11.5 Å². The molecule has 1 aromatic heterocycles. The molecule has 0 saturated heterocycles. The number of hydrogen-bond donors (Lipinski definition) is 1. The van der Waals surface area contributed by atoms with E-state index in [0.717, 1.165) is 17.0 Å². The zero-order valence-corrected chi connectivity index (χ0v) is 15.9. The number of rotatable bonds is 8. The van der Waals surface area contributed by atoms with Crippen LogP contribution in [0.1, 0.15) is 21.6 Å². The molecule has 0 aliphatic carbocycles. The summed E-state index contributed by atoms with van der Waals surface area (Å²) in [5.41, 5.74) is 4.09. The fraction of sp³-hybridized carbons (Fsp3) is 0.200. The maximum absolute atomic E-state index is 12.4. The minimum absolute atomic E-state index is 0.185. The topological polar surface area (TPSA) is 69.7 Å². The lowest BCUT2D eigenvalue weighted by atomic mass is 10.1. The van der Waals surface area contributed by atoms with Crippen LogP contribution < -0.4 is 19.5 Å². The average molecular weight is 384 g/mol. The summed E-state index contributed by atoms with van der Waals surface area (Å²) in [6.07, 6.45) is 0. The lowest BCUT2D eigenvalue weighted by Gasteiger charge is -2.12. The van der Waals surface area contributed by atoms with Crippen molar-refractivity contribution in [3.8, 4) is 17.2 Å². The van der Waals surface area contributed by atoms with Gasteiger partial charge in [0.25, 0.3) is 5.91 Å². The molecule has 0 fully saturated rings. The monoisotopic (exact) mass is 384 g/mol. The van der Waals surface area contributed by atoms with Crippen LogP contribution in [0, 0.1) is 0 Å². The molecule has 0 aliphatic heterocycles. The van der Waals surface area contributed by atoms with Crippen molar-refractivity contribution in [2.75, 3.05) is 14.2 Å². The van der Waals surface area contributed by atoms with Gasteiger partial charge in [-0.2, -0.15) is 0 Å². The lowest BCUT2D eigenvalue weighted by molar-refractivity contribution is 0.0950. The highest BCUT2D eigenvalue weighted by Crippen LogP contribution is 2.29. The number of amides is 1. The Balaban J connectivity index is 1.61. The zero-order chi connectivity index (χ0) is 19.1. The Morgan fingerprint density at radius 1 is 1.07 bits per heavy atom. The first-order valence-corrected chi connectivity index (χ1v) is 9.23. The zero-order valence-electron chi connectivity index (χ0n) is 15.1. The lowest BCUT2D eigenvalue weighted by Crippen LogP contribution is -2.22. The van der Waals surface area contributed by atoms with Gasteiger partial charge >= 0.3 is 0 Å². The van der Waals surface area contributed by atoms with Crippen molar-refractivity contribution in [2.45, 2.75) is 13.2 Å². The largest absolute Gasteiger partial charge is 0.497 e. The van der Waals surface area contributed by atoms with Crippen LogP contribution in [-0.4, -0.2) is 25.1 Å². The molecule has 0 spiro atoms. The van der Waals surface area contributed by atoms with E-state index in [4.69, 9.17) is 14.2 Å². The molecule has 0 aliphatic rings. The Kier molecular flexibility index (Phi) is 6.27. The summed E-state index contributed by atoms with van der Waals surface area (Å²) in [6.45, 7) is 0.774. The van der Waals surface area contributed by atoms with Crippen molar-refractivity contribution in [2.24, 2.45) is 0 Å². The van der Waals surface area contributed by atoms with Gasteiger partial charge in [-0.25, -0.2) is 4.98 Å². The summed E-state index contributed by atoms with van der Waals surface area (Å²) in [4.78, 5) is 16.6. The van der Waals surface area contributed by atoms with Gasteiger partial charge in [0, 0.05) is 17.5 Å². The van der Waals surface area contributed by atoms with Gasteiger partial charge in [-0.15, -0.1) is 11.3 Å². The van der Waals surface area contributed by atoms with Gasteiger partial charge in [-0.05, 0) is 35.9 Å². The molecule has 1 heterocycles. The third-order valence-corrected chi connectivity index (χ3v) is 4.53. The predicted molar refractivity (Wildman–Crippen MR) is 104 cm³/mol. The number of methoxy groups -OCH3 is 2. The predicted octanol–water partition coefficient (Wildman–Crippen LogP) is 3.67. The van der Waals surface area contributed by atoms with E-state index in [0.29, 0.717) is 30.2 Å². The van der Waals surface area contributed by atoms with Crippen LogP contribution in [-0.2, 0) is 13.2 Å². The number of thiazole rings is 1. The summed E-state index contributed by atoms with van der Waals surface area (Å²) in [6, 6.07) is 12.7. The first-order valence-electron chi connectivity index (χ1n) is 8.28. The highest BCUT2D eigenvalue weighted by molar-refractivity contribution is 7.07. The Labute approximate surface area is 161 Å². The Morgan fingerprint density at radius 3 is 2.56 bits per heavy atom. The summed E-state index contributed by atoms with van der Waals surface area (Å²) in [7, 11) is 3.17. The molecule has 27 heavy (non-hydrogen) atoms. The van der Waals surface area contributed by atoms with E-state index in [1.165, 1.54) is 11.3 Å². The van der Waals surface area contributed by atoms with Crippen molar-refractivity contribution in [3.05, 3.63) is 70.2 Å². The first kappa shape index (κ1) is 18.7.